The molecule has 0 saturated carbocycles. The highest BCUT2D eigenvalue weighted by atomic mass is 16.6. The van der Waals surface area contributed by atoms with E-state index in [2.05, 4.69) is 0 Å². The number of aromatic hydroxyl groups is 2. The summed E-state index contributed by atoms with van der Waals surface area (Å²) in [4.78, 5) is 45.4. The average Bonchev–Trinajstić information content (AvgIpc) is 2.50. The van der Waals surface area contributed by atoms with Crippen LogP contribution in [0.2, 0.25) is 0 Å². The van der Waals surface area contributed by atoms with E-state index in [0.717, 1.165) is 12.1 Å². The number of hydrogen-bond donors (Lipinski definition) is 2. The maximum atomic E-state index is 12.6. The number of nitro groups is 2. The Morgan fingerprint density at radius 1 is 0.708 bits per heavy atom. The first-order valence-electron chi connectivity index (χ1n) is 6.34. The fraction of sp³-hybridized carbons (Fsp3) is 0. The van der Waals surface area contributed by atoms with Crippen LogP contribution < -0.4 is 0 Å². The van der Waals surface area contributed by atoms with Crippen molar-refractivity contribution < 1.29 is 29.6 Å². The Labute approximate surface area is 131 Å². The van der Waals surface area contributed by atoms with Gasteiger partial charge < -0.3 is 10.2 Å². The lowest BCUT2D eigenvalue weighted by Crippen LogP contribution is -2.23. The summed E-state index contributed by atoms with van der Waals surface area (Å²) in [5, 5.41) is 41.3. The molecule has 0 radical (unpaired) electrons. The van der Waals surface area contributed by atoms with Gasteiger partial charge in [-0.15, -0.1) is 0 Å². The zero-order valence-corrected chi connectivity index (χ0v) is 11.5. The van der Waals surface area contributed by atoms with Crippen molar-refractivity contribution in [1.82, 2.24) is 0 Å². The smallest absolute Gasteiger partial charge is 0.285 e. The number of nitrogens with zero attached hydrogens (tertiary/aromatic N) is 2. The van der Waals surface area contributed by atoms with Crippen LogP contribution in [0, 0.1) is 20.2 Å². The van der Waals surface area contributed by atoms with Crippen LogP contribution in [0.15, 0.2) is 24.3 Å². The van der Waals surface area contributed by atoms with Crippen LogP contribution in [0.4, 0.5) is 11.4 Å². The molecule has 10 nitrogen and oxygen atoms in total. The van der Waals surface area contributed by atoms with Crippen LogP contribution in [0.1, 0.15) is 31.8 Å². The van der Waals surface area contributed by atoms with E-state index in [0.29, 0.717) is 12.1 Å². The minimum atomic E-state index is -1.10. The molecule has 0 fully saturated rings. The lowest BCUT2D eigenvalue weighted by Gasteiger charge is -2.17. The number of carbonyl (C=O) groups is 2. The van der Waals surface area contributed by atoms with Crippen LogP contribution in [0.25, 0.3) is 0 Å². The van der Waals surface area contributed by atoms with Gasteiger partial charge in [-0.05, 0) is 12.1 Å². The van der Waals surface area contributed by atoms with E-state index in [-0.39, 0.29) is 0 Å². The third-order valence-electron chi connectivity index (χ3n) is 3.54. The van der Waals surface area contributed by atoms with Crippen molar-refractivity contribution in [2.24, 2.45) is 0 Å². The Kier molecular flexibility index (Phi) is 3.04. The van der Waals surface area contributed by atoms with E-state index in [1.807, 2.05) is 0 Å². The third kappa shape index (κ3) is 1.97. The molecule has 0 unspecified atom stereocenters. The van der Waals surface area contributed by atoms with Gasteiger partial charge in [0.2, 0.25) is 5.78 Å². The fourth-order valence-electron chi connectivity index (χ4n) is 2.62. The molecule has 3 rings (SSSR count). The molecule has 0 heterocycles. The number of ketones is 2. The van der Waals surface area contributed by atoms with Crippen molar-refractivity contribution in [3.05, 3.63) is 66.7 Å². The van der Waals surface area contributed by atoms with E-state index in [9.17, 15) is 40.0 Å². The zero-order valence-electron chi connectivity index (χ0n) is 11.5. The van der Waals surface area contributed by atoms with Crippen LogP contribution in [0.5, 0.6) is 11.5 Å². The number of carbonyl (C=O) groups excluding carboxylic acids is 2. The molecule has 0 amide bonds. The van der Waals surface area contributed by atoms with Gasteiger partial charge in [0.25, 0.3) is 11.4 Å². The highest BCUT2D eigenvalue weighted by Gasteiger charge is 2.41. The van der Waals surface area contributed by atoms with E-state index in [1.165, 1.54) is 0 Å². The molecular formula is C14H6N2O8. The minimum Gasteiger partial charge on any atom is -0.508 e. The van der Waals surface area contributed by atoms with E-state index in [4.69, 9.17) is 0 Å². The van der Waals surface area contributed by atoms with Gasteiger partial charge in [-0.3, -0.25) is 29.8 Å². The lowest BCUT2D eigenvalue weighted by atomic mass is 9.82. The van der Waals surface area contributed by atoms with Crippen molar-refractivity contribution in [2.75, 3.05) is 0 Å². The normalized spacial score (nSPS) is 12.5. The Morgan fingerprint density at radius 3 is 1.42 bits per heavy atom. The van der Waals surface area contributed by atoms with Crippen molar-refractivity contribution in [2.45, 2.75) is 0 Å². The molecule has 24 heavy (non-hydrogen) atoms. The van der Waals surface area contributed by atoms with Crippen LogP contribution in [0.3, 0.4) is 0 Å². The van der Waals surface area contributed by atoms with Gasteiger partial charge >= 0.3 is 0 Å². The summed E-state index contributed by atoms with van der Waals surface area (Å²) >= 11 is 0. The second-order valence-electron chi connectivity index (χ2n) is 4.95. The van der Waals surface area contributed by atoms with Gasteiger partial charge in [-0.2, -0.15) is 0 Å². The monoisotopic (exact) mass is 330 g/mol. The number of rotatable bonds is 2. The third-order valence-corrected chi connectivity index (χ3v) is 3.54. The lowest BCUT2D eigenvalue weighted by molar-refractivity contribution is -0.385. The van der Waals surface area contributed by atoms with E-state index >= 15 is 0 Å². The van der Waals surface area contributed by atoms with Crippen molar-refractivity contribution in [3.8, 4) is 11.5 Å². The summed E-state index contributed by atoms with van der Waals surface area (Å²) in [7, 11) is 0. The van der Waals surface area contributed by atoms with Crippen LogP contribution in [-0.2, 0) is 0 Å². The fourth-order valence-corrected chi connectivity index (χ4v) is 2.62. The molecule has 0 saturated heterocycles. The summed E-state index contributed by atoms with van der Waals surface area (Å²) < 4.78 is 0. The molecule has 0 aliphatic heterocycles. The topological polar surface area (TPSA) is 161 Å². The summed E-state index contributed by atoms with van der Waals surface area (Å²) in [5.74, 6) is -3.27. The molecule has 2 aromatic carbocycles. The SMILES string of the molecule is O=C1c2cc(O)cc([N+](=O)[O-])c2C(=O)c2c1cc(O)cc2[N+](=O)[O-]. The van der Waals surface area contributed by atoms with Crippen molar-refractivity contribution in [1.29, 1.82) is 0 Å². The number of benzene rings is 2. The largest absolute Gasteiger partial charge is 0.508 e. The maximum Gasteiger partial charge on any atom is 0.285 e. The molecule has 120 valence electrons. The molecule has 1 aliphatic rings. The van der Waals surface area contributed by atoms with Gasteiger partial charge in [-0.25, -0.2) is 0 Å². The molecule has 1 aliphatic carbocycles. The second-order valence-corrected chi connectivity index (χ2v) is 4.95. The summed E-state index contributed by atoms with van der Waals surface area (Å²) in [6, 6.07) is 3.09. The predicted molar refractivity (Wildman–Crippen MR) is 76.4 cm³/mol. The van der Waals surface area contributed by atoms with Gasteiger partial charge in [0.05, 0.1) is 22.0 Å². The maximum absolute atomic E-state index is 12.6. The molecule has 0 bridgehead atoms. The standard InChI is InChI=1S/C14H6N2O8/c17-5-1-7-11(9(3-5)15(21)22)14(20)12-8(13(7)19)2-6(18)4-10(12)16(23)24/h1-4,17-18H. The van der Waals surface area contributed by atoms with Gasteiger partial charge in [0.1, 0.15) is 22.6 Å². The molecule has 2 aromatic rings. The Hall–Kier alpha value is -3.82. The van der Waals surface area contributed by atoms with Gasteiger partial charge in [-0.1, -0.05) is 0 Å². The first-order chi connectivity index (χ1) is 11.2. The number of hydrogen-bond acceptors (Lipinski definition) is 8. The van der Waals surface area contributed by atoms with E-state index in [1.54, 1.807) is 0 Å². The first kappa shape index (κ1) is 15.1. The number of phenols is 2. The quantitative estimate of drug-likeness (QED) is 0.530. The van der Waals surface area contributed by atoms with Crippen molar-refractivity contribution >= 4 is 22.9 Å². The summed E-state index contributed by atoms with van der Waals surface area (Å²) in [6.07, 6.45) is 0. The predicted octanol–water partition coefficient (Wildman–Crippen LogP) is 1.69. The Morgan fingerprint density at radius 2 is 1.08 bits per heavy atom. The summed E-state index contributed by atoms with van der Waals surface area (Å²) in [5.41, 5.74) is -3.86. The zero-order chi connectivity index (χ0) is 17.8. The number of nitro benzene ring substituents is 2. The van der Waals surface area contributed by atoms with Gasteiger partial charge in [0, 0.05) is 11.1 Å². The Bertz CT molecular complexity index is 904. The number of phenolic OH excluding ortho intramolecular Hbond substituents is 2. The molecule has 0 atom stereocenters. The Balaban J connectivity index is 2.44. The highest BCUT2D eigenvalue weighted by Crippen LogP contribution is 2.40. The molecule has 0 spiro atoms. The molecule has 10 heteroatoms. The van der Waals surface area contributed by atoms with Crippen molar-refractivity contribution in [3.63, 3.8) is 0 Å². The van der Waals surface area contributed by atoms with Crippen LogP contribution >= 0.6 is 0 Å². The number of fused-ring (bicyclic) bond motifs is 2. The van der Waals surface area contributed by atoms with Crippen LogP contribution in [-0.4, -0.2) is 31.6 Å². The highest BCUT2D eigenvalue weighted by molar-refractivity contribution is 6.31. The average molecular weight is 330 g/mol. The van der Waals surface area contributed by atoms with Gasteiger partial charge in [0.15, 0.2) is 5.78 Å². The molecule has 2 N–H and O–H groups in total. The van der Waals surface area contributed by atoms with E-state index < -0.39 is 66.5 Å². The first-order valence-corrected chi connectivity index (χ1v) is 6.34. The minimum absolute atomic E-state index is 0.459. The molecular weight excluding hydrogens is 324 g/mol. The summed E-state index contributed by atoms with van der Waals surface area (Å²) in [6.45, 7) is 0. The molecule has 0 aromatic heterocycles. The second kappa shape index (κ2) is 4.84.